The van der Waals surface area contributed by atoms with Gasteiger partial charge in [-0.25, -0.2) is 13.8 Å². The van der Waals surface area contributed by atoms with Gasteiger partial charge in [-0.3, -0.25) is 0 Å². The summed E-state index contributed by atoms with van der Waals surface area (Å²) in [5.41, 5.74) is 0.791. The van der Waals surface area contributed by atoms with E-state index in [4.69, 9.17) is 5.11 Å². The van der Waals surface area contributed by atoms with Crippen molar-refractivity contribution in [3.63, 3.8) is 0 Å². The number of nitrogens with one attached hydrogen (secondary N) is 1. The van der Waals surface area contributed by atoms with Crippen molar-refractivity contribution in [2.45, 2.75) is 12.8 Å². The summed E-state index contributed by atoms with van der Waals surface area (Å²) < 4.78 is 25.0. The first-order chi connectivity index (χ1) is 6.03. The van der Waals surface area contributed by atoms with E-state index in [0.717, 1.165) is 5.69 Å². The highest BCUT2D eigenvalue weighted by atomic mass is 32.1. The van der Waals surface area contributed by atoms with Gasteiger partial charge in [-0.15, -0.1) is 11.3 Å². The first-order valence-electron chi connectivity index (χ1n) is 3.68. The number of aromatic nitrogens is 1. The predicted molar refractivity (Wildman–Crippen MR) is 47.4 cm³/mol. The van der Waals surface area contributed by atoms with Crippen LogP contribution in [0.1, 0.15) is 5.69 Å². The molecule has 1 aromatic rings. The molecular weight excluding hydrogens is 198 g/mol. The molecule has 2 N–H and O–H groups in total. The molecule has 0 atom stereocenters. The van der Waals surface area contributed by atoms with Crippen molar-refractivity contribution in [1.82, 2.24) is 4.98 Å². The molecule has 6 heteroatoms. The van der Waals surface area contributed by atoms with Crippen LogP contribution in [0.2, 0.25) is 0 Å². The van der Waals surface area contributed by atoms with Crippen molar-refractivity contribution in [3.05, 3.63) is 11.1 Å². The minimum absolute atomic E-state index is 0.450. The second-order valence-electron chi connectivity index (χ2n) is 2.66. The Morgan fingerprint density at radius 3 is 2.85 bits per heavy atom. The topological polar surface area (TPSA) is 45.1 Å². The number of hydrogen-bond acceptors (Lipinski definition) is 4. The lowest BCUT2D eigenvalue weighted by molar-refractivity contribution is -0.0372. The van der Waals surface area contributed by atoms with E-state index in [1.54, 1.807) is 12.3 Å². The summed E-state index contributed by atoms with van der Waals surface area (Å²) in [5, 5.41) is 12.9. The molecule has 3 nitrogen and oxygen atoms in total. The van der Waals surface area contributed by atoms with Crippen LogP contribution in [0, 0.1) is 6.92 Å². The maximum Gasteiger partial charge on any atom is 0.287 e. The van der Waals surface area contributed by atoms with E-state index < -0.39 is 19.1 Å². The molecule has 0 spiro atoms. The Balaban J connectivity index is 2.43. The van der Waals surface area contributed by atoms with Crippen molar-refractivity contribution < 1.29 is 13.9 Å². The molecule has 0 bridgehead atoms. The molecule has 1 rings (SSSR count). The van der Waals surface area contributed by atoms with E-state index in [2.05, 4.69) is 10.3 Å². The van der Waals surface area contributed by atoms with Crippen LogP contribution in [0.4, 0.5) is 13.9 Å². The molecule has 0 saturated heterocycles. The largest absolute Gasteiger partial charge is 0.390 e. The normalized spacial score (nSPS) is 11.7. The van der Waals surface area contributed by atoms with Crippen molar-refractivity contribution in [1.29, 1.82) is 0 Å². The maximum absolute atomic E-state index is 12.5. The van der Waals surface area contributed by atoms with Crippen LogP contribution in [0.25, 0.3) is 0 Å². The average molecular weight is 208 g/mol. The van der Waals surface area contributed by atoms with Crippen LogP contribution in [0.5, 0.6) is 0 Å². The lowest BCUT2D eigenvalue weighted by Crippen LogP contribution is -2.30. The summed E-state index contributed by atoms with van der Waals surface area (Å²) in [6.07, 6.45) is 0. The second kappa shape index (κ2) is 3.97. The maximum atomic E-state index is 12.5. The molecule has 0 fully saturated rings. The summed E-state index contributed by atoms with van der Waals surface area (Å²) in [6, 6.07) is 0. The predicted octanol–water partition coefficient (Wildman–Crippen LogP) is 1.49. The third-order valence-corrected chi connectivity index (χ3v) is 2.27. The number of rotatable bonds is 4. The van der Waals surface area contributed by atoms with Crippen molar-refractivity contribution in [2.75, 3.05) is 18.5 Å². The number of aryl methyl sites for hydroxylation is 1. The first-order valence-corrected chi connectivity index (χ1v) is 4.56. The SMILES string of the molecule is Cc1csc(NCC(F)(F)CO)n1. The molecular formula is C7H10F2N2OS. The van der Waals surface area contributed by atoms with Gasteiger partial charge in [-0.05, 0) is 6.92 Å². The highest BCUT2D eigenvalue weighted by Crippen LogP contribution is 2.17. The lowest BCUT2D eigenvalue weighted by atomic mass is 10.4. The second-order valence-corrected chi connectivity index (χ2v) is 3.52. The Morgan fingerprint density at radius 1 is 1.69 bits per heavy atom. The van der Waals surface area contributed by atoms with Gasteiger partial charge >= 0.3 is 0 Å². The molecule has 1 aromatic heterocycles. The summed E-state index contributed by atoms with van der Waals surface area (Å²) >= 11 is 1.26. The minimum atomic E-state index is -3.08. The highest BCUT2D eigenvalue weighted by molar-refractivity contribution is 7.13. The van der Waals surface area contributed by atoms with Crippen LogP contribution in [0.15, 0.2) is 5.38 Å². The van der Waals surface area contributed by atoms with E-state index >= 15 is 0 Å². The molecule has 0 aliphatic heterocycles. The number of anilines is 1. The monoisotopic (exact) mass is 208 g/mol. The van der Waals surface area contributed by atoms with E-state index in [0.29, 0.717) is 5.13 Å². The van der Waals surface area contributed by atoms with Gasteiger partial charge in [0.1, 0.15) is 6.61 Å². The van der Waals surface area contributed by atoms with Crippen LogP contribution in [-0.2, 0) is 0 Å². The zero-order valence-corrected chi connectivity index (χ0v) is 7.87. The standard InChI is InChI=1S/C7H10F2N2OS/c1-5-2-13-6(11-5)10-3-7(8,9)4-12/h2,12H,3-4H2,1H3,(H,10,11). The smallest absolute Gasteiger partial charge is 0.287 e. The van der Waals surface area contributed by atoms with E-state index in [1.807, 2.05) is 0 Å². The fraction of sp³-hybridized carbons (Fsp3) is 0.571. The van der Waals surface area contributed by atoms with Crippen molar-refractivity contribution >= 4 is 16.5 Å². The van der Waals surface area contributed by atoms with Crippen LogP contribution < -0.4 is 5.32 Å². The van der Waals surface area contributed by atoms with Gasteiger partial charge in [0.2, 0.25) is 0 Å². The zero-order valence-electron chi connectivity index (χ0n) is 7.05. The number of aliphatic hydroxyl groups excluding tert-OH is 1. The number of alkyl halides is 2. The molecule has 13 heavy (non-hydrogen) atoms. The molecule has 74 valence electrons. The molecule has 0 aliphatic rings. The van der Waals surface area contributed by atoms with Crippen LogP contribution in [-0.4, -0.2) is 29.2 Å². The van der Waals surface area contributed by atoms with Gasteiger partial charge in [-0.1, -0.05) is 0 Å². The highest BCUT2D eigenvalue weighted by Gasteiger charge is 2.27. The zero-order chi connectivity index (χ0) is 9.90. The van der Waals surface area contributed by atoms with Gasteiger partial charge in [0.25, 0.3) is 5.92 Å². The van der Waals surface area contributed by atoms with Gasteiger partial charge in [-0.2, -0.15) is 0 Å². The fourth-order valence-corrected chi connectivity index (χ4v) is 1.38. The van der Waals surface area contributed by atoms with Crippen LogP contribution >= 0.6 is 11.3 Å². The average Bonchev–Trinajstić information content (AvgIpc) is 2.48. The molecule has 1 heterocycles. The van der Waals surface area contributed by atoms with Gasteiger partial charge in [0.15, 0.2) is 5.13 Å². The summed E-state index contributed by atoms with van der Waals surface area (Å²) in [5.74, 6) is -3.08. The number of halogens is 2. The molecule has 0 saturated carbocycles. The third kappa shape index (κ3) is 3.23. The third-order valence-electron chi connectivity index (χ3n) is 1.35. The fourth-order valence-electron chi connectivity index (χ4n) is 0.696. The number of hydrogen-bond donors (Lipinski definition) is 2. The summed E-state index contributed by atoms with van der Waals surface area (Å²) in [6.45, 7) is 0.0483. The Labute approximate surface area is 78.4 Å². The summed E-state index contributed by atoms with van der Waals surface area (Å²) in [4.78, 5) is 3.94. The number of aliphatic hydroxyl groups is 1. The Bertz CT molecular complexity index is 277. The van der Waals surface area contributed by atoms with Crippen LogP contribution in [0.3, 0.4) is 0 Å². The molecule has 0 unspecified atom stereocenters. The van der Waals surface area contributed by atoms with Gasteiger partial charge in [0, 0.05) is 5.38 Å². The Hall–Kier alpha value is -0.750. The lowest BCUT2D eigenvalue weighted by Gasteiger charge is -2.12. The first kappa shape index (κ1) is 10.3. The summed E-state index contributed by atoms with van der Waals surface area (Å²) in [7, 11) is 0. The van der Waals surface area contributed by atoms with Gasteiger partial charge < -0.3 is 10.4 Å². The van der Waals surface area contributed by atoms with Gasteiger partial charge in [0.05, 0.1) is 12.2 Å². The molecule has 0 amide bonds. The van der Waals surface area contributed by atoms with Crippen molar-refractivity contribution in [3.8, 4) is 0 Å². The van der Waals surface area contributed by atoms with E-state index in [1.165, 1.54) is 11.3 Å². The van der Waals surface area contributed by atoms with E-state index in [9.17, 15) is 8.78 Å². The number of thiazole rings is 1. The molecule has 0 aromatic carbocycles. The van der Waals surface area contributed by atoms with Crippen molar-refractivity contribution in [2.24, 2.45) is 0 Å². The Morgan fingerprint density at radius 2 is 2.38 bits per heavy atom. The number of nitrogens with zero attached hydrogens (tertiary/aromatic N) is 1. The van der Waals surface area contributed by atoms with E-state index in [-0.39, 0.29) is 0 Å². The Kier molecular flexibility index (Phi) is 3.16. The molecule has 0 radical (unpaired) electrons. The minimum Gasteiger partial charge on any atom is -0.390 e. The molecule has 0 aliphatic carbocycles. The quantitative estimate of drug-likeness (QED) is 0.788.